The van der Waals surface area contributed by atoms with Gasteiger partial charge < -0.3 is 20.8 Å². The Bertz CT molecular complexity index is 882. The van der Waals surface area contributed by atoms with Gasteiger partial charge in [-0.15, -0.1) is 0 Å². The molecule has 126 valence electrons. The van der Waals surface area contributed by atoms with Crippen molar-refractivity contribution in [3.8, 4) is 0 Å². The molecule has 1 aromatic carbocycles. The Balaban J connectivity index is 2.17. The molecule has 6 nitrogen and oxygen atoms in total. The topological polar surface area (TPSA) is 96.2 Å². The second kappa shape index (κ2) is 5.95. The number of nitrogens with zero attached hydrogens (tertiary/aromatic N) is 2. The number of rotatable bonds is 4. The predicted molar refractivity (Wildman–Crippen MR) is 84.4 cm³/mol. The number of nitrogens with two attached hydrogens (primary N) is 2. The number of carbonyl (C=O) groups excluding carboxylic acids is 1. The van der Waals surface area contributed by atoms with Gasteiger partial charge in [-0.05, 0) is 18.9 Å². The van der Waals surface area contributed by atoms with E-state index in [0.29, 0.717) is 22.4 Å². The van der Waals surface area contributed by atoms with Crippen molar-refractivity contribution in [1.29, 1.82) is 0 Å². The number of esters is 1. The lowest BCUT2D eigenvalue weighted by molar-refractivity contribution is -0.136. The van der Waals surface area contributed by atoms with Gasteiger partial charge >= 0.3 is 5.97 Å². The first-order chi connectivity index (χ1) is 11.5. The summed E-state index contributed by atoms with van der Waals surface area (Å²) in [5.74, 6) is -2.23. The lowest BCUT2D eigenvalue weighted by Gasteiger charge is -2.09. The summed E-state index contributed by atoms with van der Waals surface area (Å²) in [6, 6.07) is 2.27. The van der Waals surface area contributed by atoms with E-state index in [0.717, 1.165) is 25.0 Å². The number of halogens is 2. The zero-order chi connectivity index (χ0) is 17.4. The Morgan fingerprint density at radius 3 is 2.62 bits per heavy atom. The number of fused-ring (bicyclic) bond motifs is 1. The molecule has 0 spiro atoms. The molecule has 0 saturated heterocycles. The van der Waals surface area contributed by atoms with Crippen molar-refractivity contribution in [2.45, 2.75) is 18.9 Å². The van der Waals surface area contributed by atoms with Crippen LogP contribution < -0.4 is 11.5 Å². The van der Waals surface area contributed by atoms with Crippen molar-refractivity contribution < 1.29 is 18.3 Å². The number of aromatic nitrogens is 2. The molecule has 0 radical (unpaired) electrons. The monoisotopic (exact) mass is 334 g/mol. The summed E-state index contributed by atoms with van der Waals surface area (Å²) in [5.41, 5.74) is 12.3. The van der Waals surface area contributed by atoms with Crippen LogP contribution in [0.4, 0.5) is 8.78 Å². The minimum Gasteiger partial charge on any atom is -0.464 e. The van der Waals surface area contributed by atoms with Gasteiger partial charge in [-0.1, -0.05) is 0 Å². The van der Waals surface area contributed by atoms with Crippen molar-refractivity contribution in [2.75, 3.05) is 7.11 Å². The van der Waals surface area contributed by atoms with E-state index in [9.17, 15) is 13.6 Å². The highest BCUT2D eigenvalue weighted by atomic mass is 19.2. The van der Waals surface area contributed by atoms with Gasteiger partial charge in [0.2, 0.25) is 0 Å². The van der Waals surface area contributed by atoms with Crippen LogP contribution in [-0.4, -0.2) is 22.6 Å². The van der Waals surface area contributed by atoms with Crippen LogP contribution in [0.3, 0.4) is 0 Å². The molecule has 8 heteroatoms. The highest BCUT2D eigenvalue weighted by Gasteiger charge is 2.29. The van der Waals surface area contributed by atoms with Gasteiger partial charge in [-0.3, -0.25) is 0 Å². The summed E-state index contributed by atoms with van der Waals surface area (Å²) in [7, 11) is 1.21. The summed E-state index contributed by atoms with van der Waals surface area (Å²) in [6.45, 7) is 0. The van der Waals surface area contributed by atoms with Crippen molar-refractivity contribution in [3.63, 3.8) is 0 Å². The minimum atomic E-state index is -0.975. The third-order valence-electron chi connectivity index (χ3n) is 3.81. The van der Waals surface area contributed by atoms with Gasteiger partial charge in [0.25, 0.3) is 0 Å². The molecule has 0 atom stereocenters. The van der Waals surface area contributed by atoms with Crippen LogP contribution in [0.2, 0.25) is 0 Å². The van der Waals surface area contributed by atoms with Crippen LogP contribution in [0, 0.1) is 11.6 Å². The van der Waals surface area contributed by atoms with E-state index in [1.54, 1.807) is 4.57 Å². The van der Waals surface area contributed by atoms with Crippen LogP contribution in [0.15, 0.2) is 30.1 Å². The number of benzene rings is 1. The molecule has 2 aromatic rings. The van der Waals surface area contributed by atoms with E-state index in [1.165, 1.54) is 19.4 Å². The second-order valence-electron chi connectivity index (χ2n) is 5.50. The van der Waals surface area contributed by atoms with E-state index in [2.05, 4.69) is 9.72 Å². The molecule has 1 fully saturated rings. The van der Waals surface area contributed by atoms with Gasteiger partial charge in [-0.2, -0.15) is 0 Å². The number of allylic oxidation sites excluding steroid dienone is 2. The fourth-order valence-corrected chi connectivity index (χ4v) is 2.53. The summed E-state index contributed by atoms with van der Waals surface area (Å²) in [6.07, 6.45) is 4.36. The average molecular weight is 334 g/mol. The highest BCUT2D eigenvalue weighted by molar-refractivity contribution is 5.92. The van der Waals surface area contributed by atoms with Crippen molar-refractivity contribution in [2.24, 2.45) is 11.5 Å². The fraction of sp³-hybridized carbons (Fsp3) is 0.250. The van der Waals surface area contributed by atoms with E-state index in [4.69, 9.17) is 11.5 Å². The third kappa shape index (κ3) is 2.70. The van der Waals surface area contributed by atoms with Gasteiger partial charge in [-0.25, -0.2) is 18.6 Å². The van der Waals surface area contributed by atoms with Crippen molar-refractivity contribution in [3.05, 3.63) is 47.6 Å². The van der Waals surface area contributed by atoms with Crippen molar-refractivity contribution >= 4 is 22.6 Å². The molecular weight excluding hydrogens is 318 g/mol. The smallest absolute Gasteiger partial charge is 0.353 e. The van der Waals surface area contributed by atoms with E-state index in [-0.39, 0.29) is 11.7 Å². The first-order valence-corrected chi connectivity index (χ1v) is 7.31. The lowest BCUT2D eigenvalue weighted by atomic mass is 10.2. The van der Waals surface area contributed by atoms with Gasteiger partial charge in [0.15, 0.2) is 11.6 Å². The number of carbonyl (C=O) groups is 1. The summed E-state index contributed by atoms with van der Waals surface area (Å²) in [4.78, 5) is 15.8. The largest absolute Gasteiger partial charge is 0.464 e. The predicted octanol–water partition coefficient (Wildman–Crippen LogP) is 1.96. The van der Waals surface area contributed by atoms with Crippen LogP contribution in [-0.2, 0) is 9.53 Å². The number of methoxy groups -OCH3 is 1. The molecular formula is C16H16F2N4O2. The molecule has 1 saturated carbocycles. The van der Waals surface area contributed by atoms with Gasteiger partial charge in [0.05, 0.1) is 18.1 Å². The molecule has 1 heterocycles. The Hall–Kier alpha value is -2.90. The number of hydrogen-bond acceptors (Lipinski definition) is 5. The first kappa shape index (κ1) is 16.0. The normalized spacial score (nSPS) is 15.8. The number of ether oxygens (including phenoxy) is 1. The summed E-state index contributed by atoms with van der Waals surface area (Å²) >= 11 is 0. The molecule has 1 aromatic heterocycles. The molecule has 1 aliphatic rings. The van der Waals surface area contributed by atoms with E-state index < -0.39 is 17.6 Å². The summed E-state index contributed by atoms with van der Waals surface area (Å²) in [5, 5.41) is 0. The molecule has 0 aliphatic heterocycles. The highest BCUT2D eigenvalue weighted by Crippen LogP contribution is 2.40. The van der Waals surface area contributed by atoms with E-state index >= 15 is 0 Å². The molecule has 24 heavy (non-hydrogen) atoms. The van der Waals surface area contributed by atoms with Crippen LogP contribution >= 0.6 is 0 Å². The minimum absolute atomic E-state index is 0.123. The standard InChI is InChI=1S/C16H16F2N4O2/c1-24-16(23)12(20)4-8(7-19)15-21-13-5-10(17)11(18)6-14(13)22(15)9-2-3-9/h4-7,9H,2-3,19-20H2,1H3/b8-7+,12-4-. The van der Waals surface area contributed by atoms with Crippen LogP contribution in [0.25, 0.3) is 16.6 Å². The fourth-order valence-electron chi connectivity index (χ4n) is 2.53. The lowest BCUT2D eigenvalue weighted by Crippen LogP contribution is -2.13. The number of hydrogen-bond donors (Lipinski definition) is 2. The zero-order valence-electron chi connectivity index (χ0n) is 12.9. The molecule has 1 aliphatic carbocycles. The maximum absolute atomic E-state index is 13.6. The maximum atomic E-state index is 13.6. The number of imidazole rings is 1. The van der Waals surface area contributed by atoms with Crippen molar-refractivity contribution in [1.82, 2.24) is 9.55 Å². The quantitative estimate of drug-likeness (QED) is 0.506. The van der Waals surface area contributed by atoms with Gasteiger partial charge in [0, 0.05) is 29.9 Å². The van der Waals surface area contributed by atoms with E-state index in [1.807, 2.05) is 0 Å². The second-order valence-corrected chi connectivity index (χ2v) is 5.50. The first-order valence-electron chi connectivity index (χ1n) is 7.31. The zero-order valence-corrected chi connectivity index (χ0v) is 12.9. The molecule has 4 N–H and O–H groups in total. The maximum Gasteiger partial charge on any atom is 0.353 e. The summed E-state index contributed by atoms with van der Waals surface area (Å²) < 4.78 is 33.4. The molecule has 3 rings (SSSR count). The molecule has 0 unspecified atom stereocenters. The van der Waals surface area contributed by atoms with Crippen LogP contribution in [0.1, 0.15) is 24.7 Å². The Morgan fingerprint density at radius 2 is 2.04 bits per heavy atom. The molecule has 0 bridgehead atoms. The third-order valence-corrected chi connectivity index (χ3v) is 3.81. The SMILES string of the molecule is COC(=O)/C(N)=C/C(=C\N)c1nc2cc(F)c(F)cc2n1C1CC1. The average Bonchev–Trinajstić information content (AvgIpc) is 3.34. The Labute approximate surface area is 136 Å². The molecule has 0 amide bonds. The Morgan fingerprint density at radius 1 is 1.38 bits per heavy atom. The van der Waals surface area contributed by atoms with Gasteiger partial charge in [0.1, 0.15) is 11.5 Å². The Kier molecular flexibility index (Phi) is 3.96. The van der Waals surface area contributed by atoms with Crippen LogP contribution in [0.5, 0.6) is 0 Å².